The molecule has 12 heavy (non-hydrogen) atoms. The Morgan fingerprint density at radius 2 is 2.42 bits per heavy atom. The van der Waals surface area contributed by atoms with E-state index in [1.165, 1.54) is 0 Å². The Morgan fingerprint density at radius 3 is 3.00 bits per heavy atom. The Morgan fingerprint density at radius 1 is 1.50 bits per heavy atom. The van der Waals surface area contributed by atoms with E-state index in [1.54, 1.807) is 0 Å². The maximum absolute atomic E-state index is 5.35. The standard InChI is InChI=1S/C6H8N2O3S/c12-6-7-5(8-11-6)4-3-9-1-2-10-4/h4H,1-3H2,(H,7,8,12). The van der Waals surface area contributed by atoms with Crippen LogP contribution in [0.5, 0.6) is 0 Å². The minimum atomic E-state index is -0.167. The lowest BCUT2D eigenvalue weighted by Gasteiger charge is -2.20. The van der Waals surface area contributed by atoms with Gasteiger partial charge in [0.05, 0.1) is 19.8 Å². The number of nitrogens with zero attached hydrogens (tertiary/aromatic N) is 1. The lowest BCUT2D eigenvalue weighted by Crippen LogP contribution is -2.22. The molecule has 0 radical (unpaired) electrons. The topological polar surface area (TPSA) is 60.3 Å². The van der Waals surface area contributed by atoms with Gasteiger partial charge in [-0.1, -0.05) is 0 Å². The molecule has 1 atom stereocenters. The van der Waals surface area contributed by atoms with Crippen molar-refractivity contribution in [3.05, 3.63) is 10.7 Å². The molecule has 1 aromatic heterocycles. The first kappa shape index (κ1) is 7.90. The minimum Gasteiger partial charge on any atom is -0.376 e. The number of nitrogens with one attached hydrogen (secondary N) is 1. The molecule has 1 saturated heterocycles. The van der Waals surface area contributed by atoms with Crippen LogP contribution in [-0.4, -0.2) is 30.0 Å². The van der Waals surface area contributed by atoms with E-state index in [0.29, 0.717) is 25.6 Å². The highest BCUT2D eigenvalue weighted by Gasteiger charge is 2.19. The summed E-state index contributed by atoms with van der Waals surface area (Å²) >= 11 is 4.70. The highest BCUT2D eigenvalue weighted by molar-refractivity contribution is 7.71. The Balaban J connectivity index is 2.13. The van der Waals surface area contributed by atoms with Crippen LogP contribution in [-0.2, 0) is 9.47 Å². The predicted octanol–water partition coefficient (Wildman–Crippen LogP) is 0.820. The second kappa shape index (κ2) is 3.34. The Bertz CT molecular complexity index is 302. The Kier molecular flexibility index (Phi) is 2.20. The zero-order chi connectivity index (χ0) is 8.39. The van der Waals surface area contributed by atoms with Crippen LogP contribution < -0.4 is 0 Å². The zero-order valence-corrected chi connectivity index (χ0v) is 7.10. The summed E-state index contributed by atoms with van der Waals surface area (Å²) in [4.78, 5) is 4.12. The lowest BCUT2D eigenvalue weighted by atomic mass is 10.3. The molecular formula is C6H8N2O3S. The maximum atomic E-state index is 5.35. The molecular weight excluding hydrogens is 180 g/mol. The molecule has 0 aliphatic carbocycles. The fourth-order valence-corrected chi connectivity index (χ4v) is 1.16. The summed E-state index contributed by atoms with van der Waals surface area (Å²) in [5.74, 6) is 0.597. The van der Waals surface area contributed by atoms with Crippen molar-refractivity contribution in [3.8, 4) is 0 Å². The van der Waals surface area contributed by atoms with E-state index in [0.717, 1.165) is 0 Å². The van der Waals surface area contributed by atoms with Gasteiger partial charge in [-0.15, -0.1) is 0 Å². The minimum absolute atomic E-state index is 0.167. The molecule has 0 spiro atoms. The second-order valence-electron chi connectivity index (χ2n) is 2.40. The van der Waals surface area contributed by atoms with Gasteiger partial charge >= 0.3 is 4.84 Å². The van der Waals surface area contributed by atoms with Crippen LogP contribution in [0.2, 0.25) is 0 Å². The van der Waals surface area contributed by atoms with Gasteiger partial charge in [-0.3, -0.25) is 0 Å². The van der Waals surface area contributed by atoms with Crippen LogP contribution >= 0.6 is 12.2 Å². The summed E-state index contributed by atoms with van der Waals surface area (Å²) in [6.07, 6.45) is -0.167. The van der Waals surface area contributed by atoms with E-state index in [9.17, 15) is 0 Å². The first-order valence-corrected chi connectivity index (χ1v) is 4.02. The summed E-state index contributed by atoms with van der Waals surface area (Å²) in [6, 6.07) is 0. The molecule has 2 heterocycles. The summed E-state index contributed by atoms with van der Waals surface area (Å²) in [7, 11) is 0. The summed E-state index contributed by atoms with van der Waals surface area (Å²) in [5.41, 5.74) is 0. The number of hydrogen-bond donors (Lipinski definition) is 1. The van der Waals surface area contributed by atoms with E-state index in [4.69, 9.17) is 26.2 Å². The highest BCUT2D eigenvalue weighted by Crippen LogP contribution is 2.16. The normalized spacial score (nSPS) is 24.2. The van der Waals surface area contributed by atoms with Crippen molar-refractivity contribution in [2.75, 3.05) is 19.8 Å². The first-order chi connectivity index (χ1) is 5.86. The third-order valence-electron chi connectivity index (χ3n) is 1.58. The highest BCUT2D eigenvalue weighted by atomic mass is 32.1. The Hall–Kier alpha value is -0.720. The van der Waals surface area contributed by atoms with Crippen molar-refractivity contribution in [2.45, 2.75) is 6.10 Å². The smallest absolute Gasteiger partial charge is 0.314 e. The third-order valence-corrected chi connectivity index (χ3v) is 1.75. The van der Waals surface area contributed by atoms with Crippen LogP contribution in [0.4, 0.5) is 0 Å². The van der Waals surface area contributed by atoms with Crippen LogP contribution in [0, 0.1) is 4.84 Å². The predicted molar refractivity (Wildman–Crippen MR) is 41.2 cm³/mol. The molecule has 2 rings (SSSR count). The van der Waals surface area contributed by atoms with E-state index < -0.39 is 0 Å². The van der Waals surface area contributed by atoms with Gasteiger partial charge in [0.2, 0.25) is 0 Å². The van der Waals surface area contributed by atoms with Gasteiger partial charge in [-0.05, 0) is 12.2 Å². The largest absolute Gasteiger partial charge is 0.376 e. The zero-order valence-electron chi connectivity index (χ0n) is 6.28. The van der Waals surface area contributed by atoms with Gasteiger partial charge < -0.3 is 14.0 Å². The van der Waals surface area contributed by atoms with Crippen LogP contribution in [0.3, 0.4) is 0 Å². The summed E-state index contributed by atoms with van der Waals surface area (Å²) in [6.45, 7) is 1.71. The molecule has 1 aliphatic heterocycles. The van der Waals surface area contributed by atoms with Crippen molar-refractivity contribution in [3.63, 3.8) is 0 Å². The second-order valence-corrected chi connectivity index (χ2v) is 2.75. The van der Waals surface area contributed by atoms with Crippen LogP contribution in [0.1, 0.15) is 11.9 Å². The van der Waals surface area contributed by atoms with Gasteiger partial charge in [0.1, 0.15) is 6.10 Å². The van der Waals surface area contributed by atoms with Crippen molar-refractivity contribution < 1.29 is 14.0 Å². The average Bonchev–Trinajstić information content (AvgIpc) is 2.54. The molecule has 5 nitrogen and oxygen atoms in total. The van der Waals surface area contributed by atoms with E-state index in [1.807, 2.05) is 0 Å². The molecule has 1 N–H and O–H groups in total. The molecule has 66 valence electrons. The SMILES string of the molecule is S=c1nc(C2COCCO2)[nH]o1. The fraction of sp³-hybridized carbons (Fsp3) is 0.667. The molecule has 0 amide bonds. The summed E-state index contributed by atoms with van der Waals surface area (Å²) < 4.78 is 15.3. The number of ether oxygens (including phenoxy) is 2. The van der Waals surface area contributed by atoms with Crippen LogP contribution in [0.25, 0.3) is 0 Å². The molecule has 0 saturated carbocycles. The van der Waals surface area contributed by atoms with Crippen molar-refractivity contribution in [1.82, 2.24) is 10.1 Å². The van der Waals surface area contributed by atoms with Gasteiger partial charge in [0.25, 0.3) is 0 Å². The molecule has 0 aromatic carbocycles. The number of aromatic nitrogens is 2. The number of rotatable bonds is 1. The maximum Gasteiger partial charge on any atom is 0.314 e. The van der Waals surface area contributed by atoms with Gasteiger partial charge in [0.15, 0.2) is 5.82 Å². The summed E-state index contributed by atoms with van der Waals surface area (Å²) in [5, 5.41) is 2.58. The van der Waals surface area contributed by atoms with Crippen molar-refractivity contribution in [1.29, 1.82) is 0 Å². The molecule has 0 bridgehead atoms. The molecule has 1 unspecified atom stereocenters. The van der Waals surface area contributed by atoms with E-state index in [-0.39, 0.29) is 10.9 Å². The van der Waals surface area contributed by atoms with Crippen LogP contribution in [0.15, 0.2) is 4.52 Å². The average molecular weight is 188 g/mol. The molecule has 1 aromatic rings. The van der Waals surface area contributed by atoms with Crippen molar-refractivity contribution in [2.24, 2.45) is 0 Å². The van der Waals surface area contributed by atoms with Gasteiger partial charge in [-0.25, -0.2) is 5.16 Å². The van der Waals surface area contributed by atoms with Gasteiger partial charge in [0, 0.05) is 0 Å². The lowest BCUT2D eigenvalue weighted by molar-refractivity contribution is -0.0941. The number of hydrogen-bond acceptors (Lipinski definition) is 5. The monoisotopic (exact) mass is 188 g/mol. The van der Waals surface area contributed by atoms with Crippen molar-refractivity contribution >= 4 is 12.2 Å². The molecule has 6 heteroatoms. The first-order valence-electron chi connectivity index (χ1n) is 3.61. The Labute approximate surface area is 73.7 Å². The number of H-pyrrole nitrogens is 1. The number of aromatic amines is 1. The molecule has 1 aliphatic rings. The van der Waals surface area contributed by atoms with E-state index >= 15 is 0 Å². The molecule has 1 fully saturated rings. The van der Waals surface area contributed by atoms with Gasteiger partial charge in [-0.2, -0.15) is 4.98 Å². The van der Waals surface area contributed by atoms with E-state index in [2.05, 4.69) is 10.1 Å². The fourth-order valence-electron chi connectivity index (χ4n) is 1.02. The third kappa shape index (κ3) is 1.55. The quantitative estimate of drug-likeness (QED) is 0.661.